The lowest BCUT2D eigenvalue weighted by atomic mass is 10.1. The number of aromatic nitrogens is 7. The number of benzene rings is 1. The van der Waals surface area contributed by atoms with E-state index in [0.717, 1.165) is 48.7 Å². The third-order valence-corrected chi connectivity index (χ3v) is 5.22. The van der Waals surface area contributed by atoms with Crippen molar-refractivity contribution in [3.8, 4) is 17.2 Å². The van der Waals surface area contributed by atoms with E-state index in [1.807, 2.05) is 52.4 Å². The standard InChI is InChI=1S/C20H22N8.ClH/c1-2-5-19(27-12-3-8-23-27)16(4-1)14-26-13-11-22-20(26)18-15-28(25-24-18)17-6-9-21-10-7-17;/h1-5,8,11-13,15,17,21H,6-7,9-10,14H2;1H. The van der Waals surface area contributed by atoms with E-state index in [1.54, 1.807) is 6.20 Å². The zero-order chi connectivity index (χ0) is 18.8. The molecule has 1 aliphatic heterocycles. The summed E-state index contributed by atoms with van der Waals surface area (Å²) in [6.07, 6.45) is 11.7. The van der Waals surface area contributed by atoms with Gasteiger partial charge in [-0.05, 0) is 43.6 Å². The number of hydrogen-bond acceptors (Lipinski definition) is 5. The Hall–Kier alpha value is -2.97. The number of piperidine rings is 1. The molecule has 8 nitrogen and oxygen atoms in total. The van der Waals surface area contributed by atoms with Crippen molar-refractivity contribution in [2.45, 2.75) is 25.4 Å². The minimum Gasteiger partial charge on any atom is -0.325 e. The Morgan fingerprint density at radius 2 is 1.90 bits per heavy atom. The monoisotopic (exact) mass is 410 g/mol. The topological polar surface area (TPSA) is 78.4 Å². The van der Waals surface area contributed by atoms with Crippen molar-refractivity contribution in [1.29, 1.82) is 0 Å². The molecule has 1 aliphatic rings. The molecule has 4 heterocycles. The van der Waals surface area contributed by atoms with Crippen LogP contribution >= 0.6 is 12.4 Å². The lowest BCUT2D eigenvalue weighted by Crippen LogP contribution is -2.29. The van der Waals surface area contributed by atoms with Gasteiger partial charge in [0.05, 0.1) is 24.5 Å². The SMILES string of the molecule is Cl.c1ccc(-n2cccn2)c(Cn2ccnc2-c2cn(C3CCNCC3)nn2)c1. The maximum Gasteiger partial charge on any atom is 0.162 e. The summed E-state index contributed by atoms with van der Waals surface area (Å²) in [5.74, 6) is 0.829. The zero-order valence-corrected chi connectivity index (χ0v) is 16.7. The van der Waals surface area contributed by atoms with Crippen LogP contribution in [-0.2, 0) is 6.54 Å². The first kappa shape index (κ1) is 19.4. The molecule has 1 fully saturated rings. The predicted molar refractivity (Wildman–Crippen MR) is 112 cm³/mol. The highest BCUT2D eigenvalue weighted by atomic mass is 35.5. The van der Waals surface area contributed by atoms with Crippen LogP contribution in [0.25, 0.3) is 17.2 Å². The van der Waals surface area contributed by atoms with Crippen molar-refractivity contribution < 1.29 is 0 Å². The molecule has 0 saturated carbocycles. The average molecular weight is 411 g/mol. The Kier molecular flexibility index (Phi) is 5.73. The highest BCUT2D eigenvalue weighted by Gasteiger charge is 2.18. The molecule has 1 saturated heterocycles. The van der Waals surface area contributed by atoms with Crippen LogP contribution in [0.2, 0.25) is 0 Å². The quantitative estimate of drug-likeness (QED) is 0.547. The average Bonchev–Trinajstić information content (AvgIpc) is 3.50. The van der Waals surface area contributed by atoms with Gasteiger partial charge in [-0.15, -0.1) is 17.5 Å². The molecule has 0 atom stereocenters. The van der Waals surface area contributed by atoms with E-state index in [4.69, 9.17) is 0 Å². The Labute approximate surface area is 175 Å². The van der Waals surface area contributed by atoms with E-state index in [9.17, 15) is 0 Å². The fourth-order valence-corrected chi connectivity index (χ4v) is 3.76. The van der Waals surface area contributed by atoms with Crippen LogP contribution in [0.1, 0.15) is 24.4 Å². The van der Waals surface area contributed by atoms with E-state index >= 15 is 0 Å². The third-order valence-electron chi connectivity index (χ3n) is 5.22. The van der Waals surface area contributed by atoms with Gasteiger partial charge in [-0.3, -0.25) is 0 Å². The van der Waals surface area contributed by atoms with Gasteiger partial charge in [0.25, 0.3) is 0 Å². The molecule has 1 aromatic carbocycles. The molecule has 29 heavy (non-hydrogen) atoms. The summed E-state index contributed by atoms with van der Waals surface area (Å²) in [5, 5.41) is 16.5. The number of para-hydroxylation sites is 1. The Morgan fingerprint density at radius 3 is 2.72 bits per heavy atom. The fourth-order valence-electron chi connectivity index (χ4n) is 3.76. The van der Waals surface area contributed by atoms with Crippen LogP contribution in [-0.4, -0.2) is 47.4 Å². The molecule has 0 aliphatic carbocycles. The molecule has 0 unspecified atom stereocenters. The molecule has 3 aromatic heterocycles. The summed E-state index contributed by atoms with van der Waals surface area (Å²) in [6, 6.07) is 10.6. The van der Waals surface area contributed by atoms with Crippen LogP contribution in [0.15, 0.2) is 61.3 Å². The summed E-state index contributed by atoms with van der Waals surface area (Å²) < 4.78 is 5.99. The minimum absolute atomic E-state index is 0. The lowest BCUT2D eigenvalue weighted by molar-refractivity contribution is 0.337. The summed E-state index contributed by atoms with van der Waals surface area (Å²) in [7, 11) is 0. The number of imidazole rings is 1. The second-order valence-corrected chi connectivity index (χ2v) is 7.02. The second-order valence-electron chi connectivity index (χ2n) is 7.02. The lowest BCUT2D eigenvalue weighted by Gasteiger charge is -2.22. The molecule has 0 bridgehead atoms. The number of rotatable bonds is 5. The van der Waals surface area contributed by atoms with Crippen molar-refractivity contribution in [3.63, 3.8) is 0 Å². The van der Waals surface area contributed by atoms with Crippen molar-refractivity contribution in [2.75, 3.05) is 13.1 Å². The first-order chi connectivity index (χ1) is 13.9. The van der Waals surface area contributed by atoms with Gasteiger partial charge in [-0.1, -0.05) is 23.4 Å². The largest absolute Gasteiger partial charge is 0.325 e. The van der Waals surface area contributed by atoms with Gasteiger partial charge in [-0.2, -0.15) is 5.10 Å². The van der Waals surface area contributed by atoms with Crippen molar-refractivity contribution in [2.24, 2.45) is 0 Å². The van der Waals surface area contributed by atoms with Crippen molar-refractivity contribution >= 4 is 12.4 Å². The van der Waals surface area contributed by atoms with Gasteiger partial charge in [-0.25, -0.2) is 14.3 Å². The minimum atomic E-state index is 0. The third kappa shape index (κ3) is 3.94. The van der Waals surface area contributed by atoms with Gasteiger partial charge >= 0.3 is 0 Å². The fraction of sp³-hybridized carbons (Fsp3) is 0.300. The smallest absolute Gasteiger partial charge is 0.162 e. The summed E-state index contributed by atoms with van der Waals surface area (Å²) in [5.41, 5.74) is 3.03. The van der Waals surface area contributed by atoms with Gasteiger partial charge in [0, 0.05) is 24.8 Å². The van der Waals surface area contributed by atoms with E-state index < -0.39 is 0 Å². The number of nitrogens with one attached hydrogen (secondary N) is 1. The highest BCUT2D eigenvalue weighted by Crippen LogP contribution is 2.22. The molecule has 150 valence electrons. The molecule has 4 aromatic rings. The maximum atomic E-state index is 4.55. The Bertz CT molecular complexity index is 1050. The van der Waals surface area contributed by atoms with Crippen LogP contribution in [0, 0.1) is 0 Å². The van der Waals surface area contributed by atoms with E-state index in [0.29, 0.717) is 12.6 Å². The van der Waals surface area contributed by atoms with Gasteiger partial charge in [0.1, 0.15) is 5.69 Å². The van der Waals surface area contributed by atoms with Gasteiger partial charge < -0.3 is 9.88 Å². The van der Waals surface area contributed by atoms with E-state index in [1.165, 1.54) is 0 Å². The van der Waals surface area contributed by atoms with Crippen LogP contribution < -0.4 is 5.32 Å². The summed E-state index contributed by atoms with van der Waals surface area (Å²) in [4.78, 5) is 4.55. The molecule has 9 heteroatoms. The zero-order valence-electron chi connectivity index (χ0n) is 15.9. The maximum absolute atomic E-state index is 4.55. The van der Waals surface area contributed by atoms with E-state index in [2.05, 4.69) is 42.4 Å². The molecule has 0 amide bonds. The summed E-state index contributed by atoms with van der Waals surface area (Å²) >= 11 is 0. The Morgan fingerprint density at radius 1 is 1.03 bits per heavy atom. The van der Waals surface area contributed by atoms with Crippen molar-refractivity contribution in [1.82, 2.24) is 39.6 Å². The highest BCUT2D eigenvalue weighted by molar-refractivity contribution is 5.85. The molecular formula is C20H23ClN8. The van der Waals surface area contributed by atoms with Crippen LogP contribution in [0.3, 0.4) is 0 Å². The molecule has 5 rings (SSSR count). The molecule has 0 radical (unpaired) electrons. The second kappa shape index (κ2) is 8.59. The molecular weight excluding hydrogens is 388 g/mol. The van der Waals surface area contributed by atoms with Gasteiger partial charge in [0.15, 0.2) is 5.82 Å². The number of halogens is 1. The number of nitrogens with zero attached hydrogens (tertiary/aromatic N) is 7. The summed E-state index contributed by atoms with van der Waals surface area (Å²) in [6.45, 7) is 2.74. The number of hydrogen-bond donors (Lipinski definition) is 1. The normalized spacial score (nSPS) is 14.6. The van der Waals surface area contributed by atoms with Crippen LogP contribution in [0.4, 0.5) is 0 Å². The van der Waals surface area contributed by atoms with Crippen molar-refractivity contribution in [3.05, 3.63) is 66.9 Å². The first-order valence-corrected chi connectivity index (χ1v) is 9.60. The first-order valence-electron chi connectivity index (χ1n) is 9.60. The van der Waals surface area contributed by atoms with E-state index in [-0.39, 0.29) is 12.4 Å². The van der Waals surface area contributed by atoms with Crippen LogP contribution in [0.5, 0.6) is 0 Å². The molecule has 0 spiro atoms. The van der Waals surface area contributed by atoms with Gasteiger partial charge in [0.2, 0.25) is 0 Å². The predicted octanol–water partition coefficient (Wildman–Crippen LogP) is 2.72. The molecule has 1 N–H and O–H groups in total. The Balaban J connectivity index is 0.00000205.